The Balaban J connectivity index is 2.39. The minimum atomic E-state index is -4.14. The van der Waals surface area contributed by atoms with E-state index in [4.69, 9.17) is 4.74 Å². The van der Waals surface area contributed by atoms with E-state index >= 15 is 0 Å². The molecule has 0 aromatic rings. The summed E-state index contributed by atoms with van der Waals surface area (Å²) in [5, 5.41) is 3.18. The van der Waals surface area contributed by atoms with Crippen LogP contribution in [-0.2, 0) is 4.74 Å². The molecule has 0 atom stereocenters. The van der Waals surface area contributed by atoms with E-state index in [1.165, 1.54) is 4.90 Å². The van der Waals surface area contributed by atoms with Crippen LogP contribution in [-0.4, -0.2) is 56.5 Å². The van der Waals surface area contributed by atoms with E-state index in [1.54, 1.807) is 0 Å². The average molecular weight is 282 g/mol. The zero-order valence-corrected chi connectivity index (χ0v) is 11.8. The molecule has 0 unspecified atom stereocenters. The van der Waals surface area contributed by atoms with Crippen LogP contribution in [0.15, 0.2) is 0 Å². The third kappa shape index (κ3) is 7.74. The summed E-state index contributed by atoms with van der Waals surface area (Å²) in [6, 6.07) is 0.0190. The summed E-state index contributed by atoms with van der Waals surface area (Å²) >= 11 is 0. The fraction of sp³-hybridized carbons (Fsp3) is 1.00. The lowest BCUT2D eigenvalue weighted by molar-refractivity contribution is -0.153. The van der Waals surface area contributed by atoms with Gasteiger partial charge in [-0.15, -0.1) is 0 Å². The number of nitrogens with one attached hydrogen (secondary N) is 1. The number of ether oxygens (including phenoxy) is 1. The highest BCUT2D eigenvalue weighted by molar-refractivity contribution is 4.79. The number of hydrogen-bond acceptors (Lipinski definition) is 3. The molecule has 0 aromatic carbocycles. The van der Waals surface area contributed by atoms with Crippen LogP contribution in [0.5, 0.6) is 0 Å². The smallest absolute Gasteiger partial charge is 0.380 e. The highest BCUT2D eigenvalue weighted by Crippen LogP contribution is 2.21. The minimum absolute atomic E-state index is 0.0190. The Bertz CT molecular complexity index is 241. The van der Waals surface area contributed by atoms with Crippen molar-refractivity contribution in [3.05, 3.63) is 0 Å². The lowest BCUT2D eigenvalue weighted by Crippen LogP contribution is -2.48. The number of rotatable bonds is 7. The van der Waals surface area contributed by atoms with E-state index in [1.807, 2.05) is 13.8 Å². The largest absolute Gasteiger partial charge is 0.401 e. The van der Waals surface area contributed by atoms with Crippen LogP contribution >= 0.6 is 0 Å². The quantitative estimate of drug-likeness (QED) is 0.725. The number of alkyl halides is 3. The molecule has 0 saturated carbocycles. The van der Waals surface area contributed by atoms with Gasteiger partial charge in [0.05, 0.1) is 13.2 Å². The number of piperidine rings is 1. The highest BCUT2D eigenvalue weighted by Gasteiger charge is 2.34. The molecule has 6 heteroatoms. The van der Waals surface area contributed by atoms with E-state index in [-0.39, 0.29) is 6.04 Å². The molecule has 1 heterocycles. The van der Waals surface area contributed by atoms with Gasteiger partial charge in [-0.25, -0.2) is 0 Å². The van der Waals surface area contributed by atoms with E-state index in [9.17, 15) is 13.2 Å². The second kappa shape index (κ2) is 8.07. The molecule has 114 valence electrons. The Hall–Kier alpha value is -0.330. The van der Waals surface area contributed by atoms with Gasteiger partial charge in [0.15, 0.2) is 0 Å². The van der Waals surface area contributed by atoms with Crippen molar-refractivity contribution in [1.82, 2.24) is 10.2 Å². The maximum atomic E-state index is 12.6. The third-order valence-electron chi connectivity index (χ3n) is 3.18. The summed E-state index contributed by atoms with van der Waals surface area (Å²) in [4.78, 5) is 1.53. The van der Waals surface area contributed by atoms with Gasteiger partial charge >= 0.3 is 6.18 Å². The molecule has 3 nitrogen and oxygen atoms in total. The first-order chi connectivity index (χ1) is 8.88. The van der Waals surface area contributed by atoms with Gasteiger partial charge in [-0.3, -0.25) is 4.90 Å². The molecule has 0 spiro atoms. The predicted octanol–water partition coefficient (Wildman–Crippen LogP) is 2.28. The number of nitrogens with zero attached hydrogens (tertiary/aromatic N) is 1. The molecule has 0 aromatic heterocycles. The second-order valence-corrected chi connectivity index (χ2v) is 5.54. The summed E-state index contributed by atoms with van der Waals surface area (Å²) in [5.41, 5.74) is 0. The first kappa shape index (κ1) is 16.7. The normalized spacial score (nSPS) is 18.5. The first-order valence-electron chi connectivity index (χ1n) is 6.98. The zero-order chi connectivity index (χ0) is 14.3. The molecule has 0 amide bonds. The Morgan fingerprint density at radius 2 is 1.89 bits per heavy atom. The van der Waals surface area contributed by atoms with E-state index in [0.29, 0.717) is 25.7 Å². The predicted molar refractivity (Wildman–Crippen MR) is 69.2 cm³/mol. The summed E-state index contributed by atoms with van der Waals surface area (Å²) in [5.74, 6) is 0.412. The van der Waals surface area contributed by atoms with Crippen molar-refractivity contribution < 1.29 is 17.9 Å². The van der Waals surface area contributed by atoms with E-state index in [0.717, 1.165) is 25.9 Å². The van der Waals surface area contributed by atoms with Gasteiger partial charge in [0.1, 0.15) is 0 Å². The molecule has 0 bridgehead atoms. The number of hydrogen-bond donors (Lipinski definition) is 1. The molecule has 1 aliphatic rings. The Labute approximate surface area is 113 Å². The maximum absolute atomic E-state index is 12.6. The van der Waals surface area contributed by atoms with Crippen LogP contribution in [0.25, 0.3) is 0 Å². The SMILES string of the molecule is CC(C)COCCN(CC(F)(F)F)C1CCNCC1. The van der Waals surface area contributed by atoms with Crippen LogP contribution in [0.2, 0.25) is 0 Å². The van der Waals surface area contributed by atoms with Gasteiger partial charge in [-0.1, -0.05) is 13.8 Å². The Kier molecular flexibility index (Phi) is 7.10. The van der Waals surface area contributed by atoms with Gasteiger partial charge in [-0.2, -0.15) is 13.2 Å². The van der Waals surface area contributed by atoms with E-state index < -0.39 is 12.7 Å². The molecule has 0 radical (unpaired) electrons. The summed E-state index contributed by atoms with van der Waals surface area (Å²) in [7, 11) is 0. The van der Waals surface area contributed by atoms with Gasteiger partial charge < -0.3 is 10.1 Å². The van der Waals surface area contributed by atoms with Gasteiger partial charge in [-0.05, 0) is 31.8 Å². The van der Waals surface area contributed by atoms with Gasteiger partial charge in [0.2, 0.25) is 0 Å². The molecule has 1 fully saturated rings. The van der Waals surface area contributed by atoms with Crippen LogP contribution in [0, 0.1) is 5.92 Å². The summed E-state index contributed by atoms with van der Waals surface area (Å²) < 4.78 is 43.2. The minimum Gasteiger partial charge on any atom is -0.380 e. The van der Waals surface area contributed by atoms with Crippen LogP contribution < -0.4 is 5.32 Å². The fourth-order valence-corrected chi connectivity index (χ4v) is 2.29. The molecular formula is C13H25F3N2O. The third-order valence-corrected chi connectivity index (χ3v) is 3.18. The lowest BCUT2D eigenvalue weighted by atomic mass is 10.0. The molecule has 1 aliphatic heterocycles. The topological polar surface area (TPSA) is 24.5 Å². The van der Waals surface area contributed by atoms with Crippen molar-refractivity contribution in [2.45, 2.75) is 38.9 Å². The fourth-order valence-electron chi connectivity index (χ4n) is 2.29. The maximum Gasteiger partial charge on any atom is 0.401 e. The van der Waals surface area contributed by atoms with Gasteiger partial charge in [0, 0.05) is 19.2 Å². The van der Waals surface area contributed by atoms with Crippen LogP contribution in [0.3, 0.4) is 0 Å². The standard InChI is InChI=1S/C13H25F3N2O/c1-11(2)9-19-8-7-18(10-13(14,15)16)12-3-5-17-6-4-12/h11-12,17H,3-10H2,1-2H3. The number of halogens is 3. The van der Waals surface area contributed by atoms with Crippen molar-refractivity contribution in [2.24, 2.45) is 5.92 Å². The van der Waals surface area contributed by atoms with Crippen molar-refractivity contribution in [2.75, 3.05) is 39.4 Å². The zero-order valence-electron chi connectivity index (χ0n) is 11.8. The summed E-state index contributed by atoms with van der Waals surface area (Å²) in [6.45, 7) is 6.15. The van der Waals surface area contributed by atoms with E-state index in [2.05, 4.69) is 5.32 Å². The monoisotopic (exact) mass is 282 g/mol. The van der Waals surface area contributed by atoms with Crippen LogP contribution in [0.1, 0.15) is 26.7 Å². The first-order valence-corrected chi connectivity index (χ1v) is 6.98. The average Bonchev–Trinajstić information content (AvgIpc) is 2.32. The lowest BCUT2D eigenvalue weighted by Gasteiger charge is -2.35. The molecule has 1 N–H and O–H groups in total. The van der Waals surface area contributed by atoms with Crippen molar-refractivity contribution in [1.29, 1.82) is 0 Å². The molecule has 1 rings (SSSR count). The van der Waals surface area contributed by atoms with Crippen molar-refractivity contribution >= 4 is 0 Å². The Morgan fingerprint density at radius 3 is 2.42 bits per heavy atom. The molecule has 0 aliphatic carbocycles. The highest BCUT2D eigenvalue weighted by atomic mass is 19.4. The van der Waals surface area contributed by atoms with Crippen LogP contribution in [0.4, 0.5) is 13.2 Å². The van der Waals surface area contributed by atoms with Crippen molar-refractivity contribution in [3.63, 3.8) is 0 Å². The van der Waals surface area contributed by atoms with Gasteiger partial charge in [0.25, 0.3) is 0 Å². The van der Waals surface area contributed by atoms with Crippen molar-refractivity contribution in [3.8, 4) is 0 Å². The Morgan fingerprint density at radius 1 is 1.26 bits per heavy atom. The molecular weight excluding hydrogens is 257 g/mol. The summed E-state index contributed by atoms with van der Waals surface area (Å²) in [6.07, 6.45) is -2.58. The molecule has 19 heavy (non-hydrogen) atoms. The second-order valence-electron chi connectivity index (χ2n) is 5.54. The molecule has 1 saturated heterocycles.